The summed E-state index contributed by atoms with van der Waals surface area (Å²) in [5.41, 5.74) is -0.153. The first-order valence-corrected chi connectivity index (χ1v) is 2.82. The van der Waals surface area contributed by atoms with Crippen LogP contribution in [0.1, 0.15) is 0 Å². The van der Waals surface area contributed by atoms with E-state index in [1.807, 2.05) is 0 Å². The molecule has 0 amide bonds. The lowest BCUT2D eigenvalue weighted by atomic mass is 11.4. The van der Waals surface area contributed by atoms with Gasteiger partial charge in [-0.2, -0.15) is 0 Å². The summed E-state index contributed by atoms with van der Waals surface area (Å²) in [5, 5.41) is 0.722. The first-order valence-electron chi connectivity index (χ1n) is 1.35. The molecule has 4 heteroatoms. The molecule has 1 aliphatic rings. The average Bonchev–Trinajstić information content (AvgIpc) is 1.33. The van der Waals surface area contributed by atoms with Gasteiger partial charge in [-0.05, 0) is 0 Å². The first-order chi connectivity index (χ1) is 2.79. The van der Waals surface area contributed by atoms with Crippen molar-refractivity contribution in [3.8, 4) is 0 Å². The molecule has 1 heterocycles. The van der Waals surface area contributed by atoms with Crippen LogP contribution in [-0.2, 0) is 4.74 Å². The second-order valence-corrected chi connectivity index (χ2v) is 2.86. The zero-order valence-electron chi connectivity index (χ0n) is 2.84. The predicted molar refractivity (Wildman–Crippen MR) is 28.1 cm³/mol. The second-order valence-electron chi connectivity index (χ2n) is 0.818. The Balaban J connectivity index is 2.68. The fourth-order valence-electron chi connectivity index (χ4n) is 0.186. The first kappa shape index (κ1) is 4.23. The Morgan fingerprint density at radius 3 is 2.33 bits per heavy atom. The molecule has 1 rings (SSSR count). The molecule has 1 atom stereocenters. The summed E-state index contributed by atoms with van der Waals surface area (Å²) < 4.78 is 4.37. The van der Waals surface area contributed by atoms with Gasteiger partial charge in [0.1, 0.15) is 0 Å². The van der Waals surface area contributed by atoms with Crippen LogP contribution in [0, 0.1) is 0 Å². The van der Waals surface area contributed by atoms with E-state index in [2.05, 4.69) is 14.0 Å². The van der Waals surface area contributed by atoms with E-state index in [0.717, 1.165) is 5.22 Å². The highest BCUT2D eigenvalue weighted by molar-refractivity contribution is 7.75. The summed E-state index contributed by atoms with van der Waals surface area (Å²) in [6.07, 6.45) is 0. The zero-order valence-corrected chi connectivity index (χ0v) is 4.89. The van der Waals surface area contributed by atoms with Gasteiger partial charge in [-0.15, -0.1) is 0 Å². The molecule has 0 aromatic heterocycles. The maximum Gasteiger partial charge on any atom is 0.365 e. The van der Waals surface area contributed by atoms with Crippen LogP contribution in [0.5, 0.6) is 0 Å². The Kier molecular flexibility index (Phi) is 0.910. The van der Waals surface area contributed by atoms with Crippen molar-refractivity contribution < 1.29 is 9.53 Å². The standard InChI is InChI=1S/C2H2O2P2/c3-1-4-2(5)6-1/h5H2. The minimum Gasteiger partial charge on any atom is -0.415 e. The van der Waals surface area contributed by atoms with E-state index in [4.69, 9.17) is 0 Å². The van der Waals surface area contributed by atoms with Gasteiger partial charge in [0.25, 0.3) is 0 Å². The van der Waals surface area contributed by atoms with E-state index in [-0.39, 0.29) is 5.71 Å². The van der Waals surface area contributed by atoms with Crippen LogP contribution < -0.4 is 0 Å². The molecule has 0 fully saturated rings. The van der Waals surface area contributed by atoms with Gasteiger partial charge in [-0.25, -0.2) is 4.79 Å². The molecular weight excluding hydrogens is 118 g/mol. The highest BCUT2D eigenvalue weighted by Gasteiger charge is 2.11. The number of rotatable bonds is 0. The Morgan fingerprint density at radius 2 is 2.33 bits per heavy atom. The third-order valence-electron chi connectivity index (χ3n) is 0.393. The number of ether oxygens (including phenoxy) is 1. The lowest BCUT2D eigenvalue weighted by molar-refractivity contribution is 0.223. The summed E-state index contributed by atoms with van der Waals surface area (Å²) in [6.45, 7) is 0. The molecule has 0 spiro atoms. The third kappa shape index (κ3) is 0.589. The van der Waals surface area contributed by atoms with E-state index in [1.54, 1.807) is 0 Å². The van der Waals surface area contributed by atoms with Gasteiger partial charge in [0.15, 0.2) is 5.22 Å². The van der Waals surface area contributed by atoms with Crippen LogP contribution >= 0.6 is 17.4 Å². The van der Waals surface area contributed by atoms with E-state index in [9.17, 15) is 4.79 Å². The van der Waals surface area contributed by atoms with Crippen molar-refractivity contribution in [1.82, 2.24) is 0 Å². The highest BCUT2D eigenvalue weighted by atomic mass is 31.1. The lowest BCUT2D eigenvalue weighted by Crippen LogP contribution is -2.05. The Hall–Kier alpha value is 0.0700. The Bertz CT molecular complexity index is 117. The van der Waals surface area contributed by atoms with E-state index in [1.165, 1.54) is 0 Å². The number of cyclic esters (lactones) is 1. The molecule has 0 N–H and O–H groups in total. The van der Waals surface area contributed by atoms with Gasteiger partial charge in [-0.3, -0.25) is 0 Å². The minimum absolute atomic E-state index is 0.153. The molecule has 0 saturated heterocycles. The smallest absolute Gasteiger partial charge is 0.365 e. The molecule has 32 valence electrons. The van der Waals surface area contributed by atoms with Crippen LogP contribution in [0.3, 0.4) is 0 Å². The summed E-state index contributed by atoms with van der Waals surface area (Å²) in [4.78, 5) is 9.84. The zero-order chi connectivity index (χ0) is 4.57. The Morgan fingerprint density at radius 1 is 1.83 bits per heavy atom. The normalized spacial score (nSPS) is 20.8. The largest absolute Gasteiger partial charge is 0.415 e. The minimum atomic E-state index is -0.153. The van der Waals surface area contributed by atoms with Crippen molar-refractivity contribution in [3.05, 3.63) is 0 Å². The lowest BCUT2D eigenvalue weighted by Gasteiger charge is -2.05. The molecule has 2 nitrogen and oxygen atoms in total. The number of hydrogen-bond donors (Lipinski definition) is 0. The van der Waals surface area contributed by atoms with E-state index in [0.29, 0.717) is 8.20 Å². The fraction of sp³-hybridized carbons (Fsp3) is 0. The van der Waals surface area contributed by atoms with Gasteiger partial charge < -0.3 is 4.74 Å². The molecule has 0 aromatic rings. The SMILES string of the molecule is O=C1OC(P)=P1. The molecule has 1 unspecified atom stereocenters. The summed E-state index contributed by atoms with van der Waals surface area (Å²) in [7, 11) is 3.00. The number of carbonyl (C=O) groups excluding carboxylic acids is 1. The third-order valence-corrected chi connectivity index (χ3v) is 1.48. The highest BCUT2D eigenvalue weighted by Crippen LogP contribution is 2.21. The maximum atomic E-state index is 9.84. The van der Waals surface area contributed by atoms with Crippen LogP contribution in [0.15, 0.2) is 0 Å². The molecule has 0 aromatic carbocycles. The molecule has 0 aliphatic carbocycles. The van der Waals surface area contributed by atoms with Gasteiger partial charge in [0.2, 0.25) is 0 Å². The molecule has 0 radical (unpaired) electrons. The number of hydrogen-bond acceptors (Lipinski definition) is 2. The molecule has 6 heavy (non-hydrogen) atoms. The van der Waals surface area contributed by atoms with Crippen molar-refractivity contribution in [1.29, 1.82) is 0 Å². The molecule has 0 saturated carbocycles. The monoisotopic (exact) mass is 120 g/mol. The summed E-state index contributed by atoms with van der Waals surface area (Å²) in [5.74, 6) is 0. The predicted octanol–water partition coefficient (Wildman–Crippen LogP) is 1.05. The van der Waals surface area contributed by atoms with Crippen molar-refractivity contribution in [2.24, 2.45) is 0 Å². The van der Waals surface area contributed by atoms with Gasteiger partial charge in [-0.1, -0.05) is 9.24 Å². The molecule has 1 aliphatic heterocycles. The van der Waals surface area contributed by atoms with Crippen LogP contribution in [-0.4, -0.2) is 10.9 Å². The van der Waals surface area contributed by atoms with Crippen LogP contribution in [0.2, 0.25) is 0 Å². The van der Waals surface area contributed by atoms with Crippen molar-refractivity contribution in [2.75, 3.05) is 0 Å². The quantitative estimate of drug-likeness (QED) is 0.446. The van der Waals surface area contributed by atoms with Gasteiger partial charge >= 0.3 is 5.71 Å². The van der Waals surface area contributed by atoms with Crippen molar-refractivity contribution >= 4 is 28.4 Å². The maximum absolute atomic E-state index is 9.84. The van der Waals surface area contributed by atoms with Gasteiger partial charge in [0, 0.05) is 0 Å². The topological polar surface area (TPSA) is 26.3 Å². The molecular formula is C2H2O2P2. The average molecular weight is 120 g/mol. The van der Waals surface area contributed by atoms with Crippen molar-refractivity contribution in [3.63, 3.8) is 0 Å². The molecule has 0 bridgehead atoms. The van der Waals surface area contributed by atoms with E-state index >= 15 is 0 Å². The van der Waals surface area contributed by atoms with Crippen LogP contribution in [0.25, 0.3) is 0 Å². The van der Waals surface area contributed by atoms with Crippen LogP contribution in [0.4, 0.5) is 4.79 Å². The second kappa shape index (κ2) is 1.29. The Labute approximate surface area is 38.9 Å². The fourth-order valence-corrected chi connectivity index (χ4v) is 1.03. The van der Waals surface area contributed by atoms with Gasteiger partial charge in [0.05, 0.1) is 8.20 Å². The van der Waals surface area contributed by atoms with E-state index < -0.39 is 0 Å². The summed E-state index contributed by atoms with van der Waals surface area (Å²) in [6, 6.07) is 0. The summed E-state index contributed by atoms with van der Waals surface area (Å²) >= 11 is 0. The van der Waals surface area contributed by atoms with Crippen molar-refractivity contribution in [2.45, 2.75) is 0 Å². The number of carbonyl (C=O) groups is 1.